The number of aliphatic imine (C=N–C) groups is 1. The number of benzodiazepines with no additional fused rings is 1. The van der Waals surface area contributed by atoms with Gasteiger partial charge in [0.25, 0.3) is 0 Å². The van der Waals surface area contributed by atoms with E-state index in [1.807, 2.05) is 12.1 Å². The maximum atomic E-state index is 6.01. The highest BCUT2D eigenvalue weighted by atomic mass is 35.5. The summed E-state index contributed by atoms with van der Waals surface area (Å²) in [5, 5.41) is 0.757. The van der Waals surface area contributed by atoms with Crippen molar-refractivity contribution < 1.29 is 0 Å². The van der Waals surface area contributed by atoms with Crippen LogP contribution >= 0.6 is 48.2 Å². The predicted octanol–water partition coefficient (Wildman–Crippen LogP) is 7.29. The summed E-state index contributed by atoms with van der Waals surface area (Å²) in [7, 11) is 2.12. The van der Waals surface area contributed by atoms with E-state index in [1.54, 1.807) is 11.8 Å². The van der Waals surface area contributed by atoms with Gasteiger partial charge in [-0.25, -0.2) is 0 Å². The van der Waals surface area contributed by atoms with E-state index in [-0.39, 0.29) is 24.8 Å². The van der Waals surface area contributed by atoms with Crippen molar-refractivity contribution in [2.75, 3.05) is 25.0 Å². The molecule has 0 saturated carbocycles. The van der Waals surface area contributed by atoms with Gasteiger partial charge in [0.1, 0.15) is 0 Å². The SMILES string of the molecule is CN1CCN=C(C=Cc2ccccc2Sc2ccc(Cl)cc2)c2ccccc21.Cl.Cl. The molecule has 1 aliphatic rings. The number of para-hydroxylation sites is 1. The fourth-order valence-electron chi connectivity index (χ4n) is 3.20. The van der Waals surface area contributed by atoms with E-state index in [2.05, 4.69) is 84.8 Å². The lowest BCUT2D eigenvalue weighted by Crippen LogP contribution is -2.20. The zero-order valence-electron chi connectivity index (χ0n) is 16.5. The smallest absolute Gasteiger partial charge is 0.0668 e. The normalized spacial score (nSPS) is 13.0. The molecule has 1 heterocycles. The average Bonchev–Trinajstić information content (AvgIpc) is 2.88. The van der Waals surface area contributed by atoms with Crippen LogP contribution in [-0.4, -0.2) is 25.8 Å². The Bertz CT molecular complexity index is 1030. The third-order valence-electron chi connectivity index (χ3n) is 4.69. The molecule has 4 rings (SSSR count). The number of allylic oxidation sites excluding steroid dienone is 1. The van der Waals surface area contributed by atoms with E-state index in [9.17, 15) is 0 Å². The van der Waals surface area contributed by atoms with Gasteiger partial charge in [-0.05, 0) is 48.0 Å². The molecular weight excluding hydrogens is 455 g/mol. The molecule has 30 heavy (non-hydrogen) atoms. The molecule has 0 aromatic heterocycles. The first kappa shape index (κ1) is 24.4. The van der Waals surface area contributed by atoms with Crippen molar-refractivity contribution in [3.63, 3.8) is 0 Å². The fourth-order valence-corrected chi connectivity index (χ4v) is 4.25. The van der Waals surface area contributed by atoms with Crippen LogP contribution in [0.25, 0.3) is 6.08 Å². The first-order valence-corrected chi connectivity index (χ1v) is 10.5. The fraction of sp³-hybridized carbons (Fsp3) is 0.125. The molecule has 1 aliphatic heterocycles. The van der Waals surface area contributed by atoms with Crippen molar-refractivity contribution in [2.45, 2.75) is 9.79 Å². The largest absolute Gasteiger partial charge is 0.372 e. The Hall–Kier alpha value is -1.91. The van der Waals surface area contributed by atoms with Gasteiger partial charge in [-0.3, -0.25) is 4.99 Å². The quantitative estimate of drug-likeness (QED) is 0.392. The second kappa shape index (κ2) is 11.5. The third-order valence-corrected chi connectivity index (χ3v) is 6.04. The Morgan fingerprint density at radius 3 is 2.40 bits per heavy atom. The van der Waals surface area contributed by atoms with Crippen LogP contribution in [0.5, 0.6) is 0 Å². The number of benzene rings is 3. The summed E-state index contributed by atoms with van der Waals surface area (Å²) in [5.41, 5.74) is 4.63. The minimum Gasteiger partial charge on any atom is -0.372 e. The van der Waals surface area contributed by atoms with E-state index in [1.165, 1.54) is 26.6 Å². The minimum absolute atomic E-state index is 0. The van der Waals surface area contributed by atoms with Crippen molar-refractivity contribution in [3.05, 3.63) is 95.0 Å². The molecule has 0 radical (unpaired) electrons. The van der Waals surface area contributed by atoms with Crippen molar-refractivity contribution >= 4 is 65.7 Å². The van der Waals surface area contributed by atoms with Crippen molar-refractivity contribution in [3.8, 4) is 0 Å². The molecule has 0 amide bonds. The van der Waals surface area contributed by atoms with Crippen LogP contribution in [-0.2, 0) is 0 Å². The number of halogens is 3. The van der Waals surface area contributed by atoms with Gasteiger partial charge < -0.3 is 4.90 Å². The van der Waals surface area contributed by atoms with Crippen LogP contribution in [0.4, 0.5) is 5.69 Å². The van der Waals surface area contributed by atoms with Crippen LogP contribution in [0.2, 0.25) is 5.02 Å². The van der Waals surface area contributed by atoms with Gasteiger partial charge in [-0.1, -0.05) is 65.8 Å². The number of fused-ring (bicyclic) bond motifs is 1. The van der Waals surface area contributed by atoms with Gasteiger partial charge in [-0.2, -0.15) is 0 Å². The Kier molecular flexibility index (Phi) is 9.32. The number of likely N-dealkylation sites (N-methyl/N-ethyl adjacent to an activating group) is 1. The van der Waals surface area contributed by atoms with Crippen LogP contribution in [0.3, 0.4) is 0 Å². The predicted molar refractivity (Wildman–Crippen MR) is 137 cm³/mol. The lowest BCUT2D eigenvalue weighted by Gasteiger charge is -2.18. The van der Waals surface area contributed by atoms with Crippen molar-refractivity contribution in [1.82, 2.24) is 0 Å². The Labute approximate surface area is 199 Å². The van der Waals surface area contributed by atoms with Crippen molar-refractivity contribution in [1.29, 1.82) is 0 Å². The van der Waals surface area contributed by atoms with E-state index < -0.39 is 0 Å². The molecule has 0 N–H and O–H groups in total. The molecule has 3 aromatic rings. The second-order valence-corrected chi connectivity index (χ2v) is 8.18. The summed E-state index contributed by atoms with van der Waals surface area (Å²) in [6, 6.07) is 24.9. The third kappa shape index (κ3) is 5.83. The highest BCUT2D eigenvalue weighted by Crippen LogP contribution is 2.32. The Morgan fingerprint density at radius 2 is 1.60 bits per heavy atom. The van der Waals surface area contributed by atoms with Gasteiger partial charge in [0.05, 0.1) is 12.3 Å². The van der Waals surface area contributed by atoms with Crippen LogP contribution < -0.4 is 4.90 Å². The highest BCUT2D eigenvalue weighted by molar-refractivity contribution is 7.99. The molecule has 0 atom stereocenters. The molecule has 0 aliphatic carbocycles. The molecule has 0 fully saturated rings. The van der Waals surface area contributed by atoms with Crippen molar-refractivity contribution in [2.24, 2.45) is 4.99 Å². The zero-order chi connectivity index (χ0) is 19.3. The lowest BCUT2D eigenvalue weighted by molar-refractivity contribution is 0.897. The molecule has 0 saturated heterocycles. The summed E-state index contributed by atoms with van der Waals surface area (Å²) in [4.78, 5) is 9.47. The molecular formula is C24H23Cl3N2S. The molecule has 3 aromatic carbocycles. The molecule has 0 spiro atoms. The first-order valence-electron chi connectivity index (χ1n) is 9.26. The monoisotopic (exact) mass is 476 g/mol. The molecule has 0 bridgehead atoms. The van der Waals surface area contributed by atoms with Crippen LogP contribution in [0.1, 0.15) is 11.1 Å². The van der Waals surface area contributed by atoms with Gasteiger partial charge in [0.15, 0.2) is 0 Å². The second-order valence-electron chi connectivity index (χ2n) is 6.63. The maximum absolute atomic E-state index is 6.01. The van der Waals surface area contributed by atoms with E-state index in [0.717, 1.165) is 23.8 Å². The number of hydrogen-bond donors (Lipinski definition) is 0. The van der Waals surface area contributed by atoms with Gasteiger partial charge >= 0.3 is 0 Å². The van der Waals surface area contributed by atoms with E-state index >= 15 is 0 Å². The molecule has 6 heteroatoms. The van der Waals surface area contributed by atoms with E-state index in [0.29, 0.717) is 0 Å². The lowest BCUT2D eigenvalue weighted by atomic mass is 10.1. The Balaban J connectivity index is 0.00000160. The standard InChI is InChI=1S/C24H21ClN2S.2ClH/c1-27-17-16-26-22(21-7-3-4-8-23(21)27)15-10-18-6-2-5-9-24(18)28-20-13-11-19(25)12-14-20;;/h2-15H,16-17H2,1H3;2*1H. The maximum Gasteiger partial charge on any atom is 0.0668 e. The van der Waals surface area contributed by atoms with E-state index in [4.69, 9.17) is 16.6 Å². The summed E-state index contributed by atoms with van der Waals surface area (Å²) < 4.78 is 0. The number of hydrogen-bond acceptors (Lipinski definition) is 3. The summed E-state index contributed by atoms with van der Waals surface area (Å²) in [6.07, 6.45) is 4.30. The highest BCUT2D eigenvalue weighted by Gasteiger charge is 2.13. The molecule has 2 nitrogen and oxygen atoms in total. The van der Waals surface area contributed by atoms with Crippen LogP contribution in [0, 0.1) is 0 Å². The Morgan fingerprint density at radius 1 is 0.900 bits per heavy atom. The van der Waals surface area contributed by atoms with Gasteiger partial charge in [0, 0.05) is 39.7 Å². The topological polar surface area (TPSA) is 15.6 Å². The number of anilines is 1. The van der Waals surface area contributed by atoms with Gasteiger partial charge in [-0.15, -0.1) is 24.8 Å². The summed E-state index contributed by atoms with van der Waals surface area (Å²) in [5.74, 6) is 0. The van der Waals surface area contributed by atoms with Crippen LogP contribution in [0.15, 0.2) is 93.7 Å². The zero-order valence-corrected chi connectivity index (χ0v) is 19.7. The summed E-state index contributed by atoms with van der Waals surface area (Å²) >= 11 is 7.75. The molecule has 0 unspecified atom stereocenters. The molecule has 156 valence electrons. The first-order chi connectivity index (χ1) is 13.7. The number of nitrogens with zero attached hydrogens (tertiary/aromatic N) is 2. The minimum atomic E-state index is 0. The van der Waals surface area contributed by atoms with Gasteiger partial charge in [0.2, 0.25) is 0 Å². The summed E-state index contributed by atoms with van der Waals surface area (Å²) in [6.45, 7) is 1.73. The number of rotatable bonds is 4. The average molecular weight is 478 g/mol.